The van der Waals surface area contributed by atoms with Crippen molar-refractivity contribution in [1.82, 2.24) is 0 Å². The first kappa shape index (κ1) is 16.4. The standard InChI is InChI=1S/C16H20O7/c1-16(2)22-12-11(10(17)14(18)19)21-15(13(12)23-16)20-8-9-6-4-3-5-7-9/h3-7,10-13,15,17H,8H2,1-2H3,(H,18,19)/t10-,11+,12-,13-,15-/m0/s1. The Morgan fingerprint density at radius 2 is 1.91 bits per heavy atom. The smallest absolute Gasteiger partial charge is 0.335 e. The van der Waals surface area contributed by atoms with Crippen molar-refractivity contribution in [3.63, 3.8) is 0 Å². The van der Waals surface area contributed by atoms with Crippen molar-refractivity contribution < 1.29 is 34.0 Å². The van der Waals surface area contributed by atoms with Gasteiger partial charge in [0, 0.05) is 0 Å². The van der Waals surface area contributed by atoms with Crippen LogP contribution in [0.3, 0.4) is 0 Å². The quantitative estimate of drug-likeness (QED) is 0.830. The summed E-state index contributed by atoms with van der Waals surface area (Å²) >= 11 is 0. The van der Waals surface area contributed by atoms with Gasteiger partial charge in [-0.15, -0.1) is 0 Å². The van der Waals surface area contributed by atoms with Crippen LogP contribution in [-0.4, -0.2) is 52.7 Å². The number of aliphatic hydroxyl groups is 1. The van der Waals surface area contributed by atoms with Crippen LogP contribution in [0.15, 0.2) is 30.3 Å². The Hall–Kier alpha value is -1.51. The Morgan fingerprint density at radius 1 is 1.26 bits per heavy atom. The lowest BCUT2D eigenvalue weighted by atomic mass is 10.1. The summed E-state index contributed by atoms with van der Waals surface area (Å²) in [6.45, 7) is 3.74. The number of rotatable bonds is 5. The maximum absolute atomic E-state index is 11.1. The minimum Gasteiger partial charge on any atom is -0.479 e. The van der Waals surface area contributed by atoms with Crippen LogP contribution in [0.25, 0.3) is 0 Å². The van der Waals surface area contributed by atoms with E-state index in [2.05, 4.69) is 0 Å². The van der Waals surface area contributed by atoms with Gasteiger partial charge in [0.15, 0.2) is 18.2 Å². The second-order valence-corrected chi connectivity index (χ2v) is 6.11. The van der Waals surface area contributed by atoms with Crippen LogP contribution in [-0.2, 0) is 30.3 Å². The first-order chi connectivity index (χ1) is 10.9. The second-order valence-electron chi connectivity index (χ2n) is 6.11. The number of carbonyl (C=O) groups is 1. The zero-order valence-corrected chi connectivity index (χ0v) is 12.9. The van der Waals surface area contributed by atoms with E-state index in [0.717, 1.165) is 5.56 Å². The molecule has 5 atom stereocenters. The van der Waals surface area contributed by atoms with Crippen molar-refractivity contribution in [2.45, 2.75) is 56.9 Å². The molecule has 126 valence electrons. The summed E-state index contributed by atoms with van der Waals surface area (Å²) in [5.41, 5.74) is 0.952. The first-order valence-corrected chi connectivity index (χ1v) is 7.45. The molecule has 3 rings (SSSR count). The number of carboxylic acids is 1. The van der Waals surface area contributed by atoms with Crippen LogP contribution in [0.1, 0.15) is 19.4 Å². The van der Waals surface area contributed by atoms with E-state index in [0.29, 0.717) is 0 Å². The number of benzene rings is 1. The van der Waals surface area contributed by atoms with Gasteiger partial charge >= 0.3 is 5.97 Å². The molecule has 1 aromatic rings. The van der Waals surface area contributed by atoms with E-state index < -0.39 is 42.5 Å². The molecule has 2 fully saturated rings. The number of hydrogen-bond acceptors (Lipinski definition) is 6. The topological polar surface area (TPSA) is 94.5 Å². The van der Waals surface area contributed by atoms with Crippen LogP contribution in [0.4, 0.5) is 0 Å². The predicted molar refractivity (Wildman–Crippen MR) is 77.4 cm³/mol. The molecule has 2 saturated heterocycles. The molecule has 2 N–H and O–H groups in total. The van der Waals surface area contributed by atoms with Crippen LogP contribution in [0.2, 0.25) is 0 Å². The zero-order valence-electron chi connectivity index (χ0n) is 12.9. The number of aliphatic hydroxyl groups excluding tert-OH is 1. The Morgan fingerprint density at radius 3 is 2.57 bits per heavy atom. The van der Waals surface area contributed by atoms with Gasteiger partial charge in [-0.2, -0.15) is 0 Å². The fraction of sp³-hybridized carbons (Fsp3) is 0.562. The van der Waals surface area contributed by atoms with Crippen molar-refractivity contribution in [2.75, 3.05) is 0 Å². The van der Waals surface area contributed by atoms with E-state index in [9.17, 15) is 9.90 Å². The first-order valence-electron chi connectivity index (χ1n) is 7.45. The van der Waals surface area contributed by atoms with Gasteiger partial charge in [-0.25, -0.2) is 4.79 Å². The van der Waals surface area contributed by atoms with Crippen molar-refractivity contribution in [3.05, 3.63) is 35.9 Å². The van der Waals surface area contributed by atoms with Crippen LogP contribution >= 0.6 is 0 Å². The summed E-state index contributed by atoms with van der Waals surface area (Å²) in [5.74, 6) is -2.25. The normalized spacial score (nSPS) is 33.3. The molecule has 7 nitrogen and oxygen atoms in total. The Balaban J connectivity index is 1.72. The van der Waals surface area contributed by atoms with E-state index in [1.165, 1.54) is 0 Å². The molecule has 0 bridgehead atoms. The summed E-state index contributed by atoms with van der Waals surface area (Å²) in [4.78, 5) is 11.1. The van der Waals surface area contributed by atoms with Crippen LogP contribution in [0.5, 0.6) is 0 Å². The molecule has 0 unspecified atom stereocenters. The van der Waals surface area contributed by atoms with Gasteiger partial charge in [-0.3, -0.25) is 0 Å². The predicted octanol–water partition coefficient (Wildman–Crippen LogP) is 0.894. The Bertz CT molecular complexity index is 559. The number of hydrogen-bond donors (Lipinski definition) is 2. The number of ether oxygens (including phenoxy) is 4. The highest BCUT2D eigenvalue weighted by Crippen LogP contribution is 2.40. The molecular weight excluding hydrogens is 304 g/mol. The highest BCUT2D eigenvalue weighted by atomic mass is 16.8. The van der Waals surface area contributed by atoms with E-state index in [1.54, 1.807) is 13.8 Å². The summed E-state index contributed by atoms with van der Waals surface area (Å²) < 4.78 is 22.7. The largest absolute Gasteiger partial charge is 0.479 e. The lowest BCUT2D eigenvalue weighted by Gasteiger charge is -2.25. The molecule has 1 aromatic carbocycles. The molecule has 0 radical (unpaired) electrons. The van der Waals surface area contributed by atoms with E-state index in [-0.39, 0.29) is 6.61 Å². The number of fused-ring (bicyclic) bond motifs is 1. The van der Waals surface area contributed by atoms with Gasteiger partial charge in [-0.1, -0.05) is 30.3 Å². The average molecular weight is 324 g/mol. The van der Waals surface area contributed by atoms with Gasteiger partial charge in [0.2, 0.25) is 0 Å². The summed E-state index contributed by atoms with van der Waals surface area (Å²) in [7, 11) is 0. The maximum Gasteiger partial charge on any atom is 0.335 e. The lowest BCUT2D eigenvalue weighted by molar-refractivity contribution is -0.246. The van der Waals surface area contributed by atoms with Crippen molar-refractivity contribution >= 4 is 5.97 Å². The van der Waals surface area contributed by atoms with Crippen LogP contribution < -0.4 is 0 Å². The van der Waals surface area contributed by atoms with Gasteiger partial charge in [0.1, 0.15) is 18.3 Å². The zero-order chi connectivity index (χ0) is 16.6. The van der Waals surface area contributed by atoms with Crippen molar-refractivity contribution in [2.24, 2.45) is 0 Å². The third kappa shape index (κ3) is 3.39. The molecule has 2 aliphatic heterocycles. The molecule has 0 aromatic heterocycles. The van der Waals surface area contributed by atoms with Gasteiger partial charge in [-0.05, 0) is 19.4 Å². The molecule has 7 heteroatoms. The summed E-state index contributed by atoms with van der Waals surface area (Å²) in [5, 5.41) is 18.9. The van der Waals surface area contributed by atoms with Gasteiger partial charge in [0.05, 0.1) is 6.61 Å². The molecule has 2 aliphatic rings. The molecule has 0 aliphatic carbocycles. The van der Waals surface area contributed by atoms with E-state index in [1.807, 2.05) is 30.3 Å². The number of aliphatic carboxylic acids is 1. The van der Waals surface area contributed by atoms with Crippen molar-refractivity contribution in [1.29, 1.82) is 0 Å². The minimum atomic E-state index is -1.70. The SMILES string of the molecule is CC1(C)O[C@@H]2[C@H](O1)[C@@H](OCc1ccccc1)O[C@@H]2[C@H](O)C(=O)O. The van der Waals surface area contributed by atoms with Gasteiger partial charge < -0.3 is 29.2 Å². The summed E-state index contributed by atoms with van der Waals surface area (Å²) in [6, 6.07) is 9.51. The highest BCUT2D eigenvalue weighted by molar-refractivity contribution is 5.73. The molecule has 0 saturated carbocycles. The highest BCUT2D eigenvalue weighted by Gasteiger charge is 2.58. The maximum atomic E-state index is 11.1. The van der Waals surface area contributed by atoms with Crippen molar-refractivity contribution in [3.8, 4) is 0 Å². The summed E-state index contributed by atoms with van der Waals surface area (Å²) in [6.07, 6.45) is -4.84. The lowest BCUT2D eigenvalue weighted by Crippen LogP contribution is -2.42. The molecule has 23 heavy (non-hydrogen) atoms. The third-order valence-electron chi connectivity index (χ3n) is 3.87. The fourth-order valence-electron chi connectivity index (χ4n) is 2.87. The van der Waals surface area contributed by atoms with Crippen LogP contribution in [0, 0.1) is 0 Å². The average Bonchev–Trinajstić information content (AvgIpc) is 2.98. The fourth-order valence-corrected chi connectivity index (χ4v) is 2.87. The van der Waals surface area contributed by atoms with E-state index >= 15 is 0 Å². The minimum absolute atomic E-state index is 0.286. The second kappa shape index (κ2) is 6.18. The number of carboxylic acid groups (broad SMARTS) is 1. The Kier molecular flexibility index (Phi) is 4.39. The monoisotopic (exact) mass is 324 g/mol. The Labute approximate surface area is 133 Å². The third-order valence-corrected chi connectivity index (χ3v) is 3.87. The van der Waals surface area contributed by atoms with E-state index in [4.69, 9.17) is 24.1 Å². The molecular formula is C16H20O7. The molecule has 2 heterocycles. The van der Waals surface area contributed by atoms with Gasteiger partial charge in [0.25, 0.3) is 0 Å². The molecule has 0 amide bonds. The molecule has 0 spiro atoms.